The monoisotopic (exact) mass is 248 g/mol. The molecule has 1 saturated heterocycles. The van der Waals surface area contributed by atoms with Gasteiger partial charge in [0.15, 0.2) is 5.78 Å². The van der Waals surface area contributed by atoms with E-state index in [0.29, 0.717) is 26.1 Å². The lowest BCUT2D eigenvalue weighted by atomic mass is 9.84. The van der Waals surface area contributed by atoms with Crippen molar-refractivity contribution in [2.45, 2.75) is 32.3 Å². The van der Waals surface area contributed by atoms with Crippen molar-refractivity contribution in [3.05, 3.63) is 34.9 Å². The Balaban J connectivity index is 2.36. The van der Waals surface area contributed by atoms with Gasteiger partial charge < -0.3 is 9.47 Å². The molecule has 0 atom stereocenters. The smallest absolute Gasteiger partial charge is 0.195 e. The molecule has 1 fully saturated rings. The van der Waals surface area contributed by atoms with Gasteiger partial charge in [-0.25, -0.2) is 0 Å². The van der Waals surface area contributed by atoms with Crippen molar-refractivity contribution in [3.8, 4) is 0 Å². The minimum Gasteiger partial charge on any atom is -0.381 e. The predicted octanol–water partition coefficient (Wildman–Crippen LogP) is 2.68. The van der Waals surface area contributed by atoms with Crippen LogP contribution in [0.1, 0.15) is 34.3 Å². The molecule has 98 valence electrons. The van der Waals surface area contributed by atoms with E-state index in [2.05, 4.69) is 0 Å². The molecule has 1 heterocycles. The molecule has 2 rings (SSSR count). The summed E-state index contributed by atoms with van der Waals surface area (Å²) in [7, 11) is 1.62. The highest BCUT2D eigenvalue weighted by atomic mass is 16.5. The average molecular weight is 248 g/mol. The lowest BCUT2D eigenvalue weighted by Gasteiger charge is -2.34. The molecule has 1 aliphatic heterocycles. The third-order valence-corrected chi connectivity index (χ3v) is 3.74. The number of benzene rings is 1. The third-order valence-electron chi connectivity index (χ3n) is 3.74. The molecule has 0 spiro atoms. The van der Waals surface area contributed by atoms with Crippen LogP contribution in [0.3, 0.4) is 0 Å². The summed E-state index contributed by atoms with van der Waals surface area (Å²) in [6, 6.07) is 5.97. The number of Topliss-reactive ketones (excluding diaryl/α,β-unsaturated/α-hetero) is 1. The van der Waals surface area contributed by atoms with Gasteiger partial charge in [-0.2, -0.15) is 0 Å². The van der Waals surface area contributed by atoms with Gasteiger partial charge in [-0.15, -0.1) is 0 Å². The second-order valence-corrected chi connectivity index (χ2v) is 4.96. The van der Waals surface area contributed by atoms with Gasteiger partial charge in [0.2, 0.25) is 0 Å². The van der Waals surface area contributed by atoms with Crippen LogP contribution in [0.15, 0.2) is 18.2 Å². The van der Waals surface area contributed by atoms with Crippen molar-refractivity contribution >= 4 is 5.78 Å². The first-order valence-electron chi connectivity index (χ1n) is 6.34. The van der Waals surface area contributed by atoms with Gasteiger partial charge in [0.1, 0.15) is 5.60 Å². The molecule has 0 amide bonds. The van der Waals surface area contributed by atoms with Gasteiger partial charge >= 0.3 is 0 Å². The molecule has 3 nitrogen and oxygen atoms in total. The van der Waals surface area contributed by atoms with Gasteiger partial charge in [-0.1, -0.05) is 17.7 Å². The van der Waals surface area contributed by atoms with Crippen molar-refractivity contribution in [3.63, 3.8) is 0 Å². The highest BCUT2D eigenvalue weighted by Crippen LogP contribution is 2.30. The Morgan fingerprint density at radius 2 is 1.94 bits per heavy atom. The maximum Gasteiger partial charge on any atom is 0.195 e. The number of hydrogen-bond donors (Lipinski definition) is 0. The van der Waals surface area contributed by atoms with E-state index >= 15 is 0 Å². The molecular weight excluding hydrogens is 228 g/mol. The molecule has 1 aromatic carbocycles. The predicted molar refractivity (Wildman–Crippen MR) is 70.0 cm³/mol. The first-order valence-corrected chi connectivity index (χ1v) is 6.34. The molecule has 0 aliphatic carbocycles. The Kier molecular flexibility index (Phi) is 3.83. The van der Waals surface area contributed by atoms with E-state index in [0.717, 1.165) is 16.7 Å². The molecule has 3 heteroatoms. The van der Waals surface area contributed by atoms with E-state index < -0.39 is 5.60 Å². The van der Waals surface area contributed by atoms with Crippen molar-refractivity contribution in [2.75, 3.05) is 20.3 Å². The Bertz CT molecular complexity index is 445. The largest absolute Gasteiger partial charge is 0.381 e. The summed E-state index contributed by atoms with van der Waals surface area (Å²) in [5.41, 5.74) is 2.19. The molecule has 0 N–H and O–H groups in total. The lowest BCUT2D eigenvalue weighted by molar-refractivity contribution is -0.0663. The SMILES string of the molecule is COC1(C(=O)c2cc(C)ccc2C)CCOCC1. The molecule has 18 heavy (non-hydrogen) atoms. The molecule has 0 unspecified atom stereocenters. The first kappa shape index (κ1) is 13.2. The van der Waals surface area contributed by atoms with Gasteiger partial charge in [0, 0.05) is 38.7 Å². The van der Waals surface area contributed by atoms with Crippen molar-refractivity contribution < 1.29 is 14.3 Å². The maximum absolute atomic E-state index is 12.7. The van der Waals surface area contributed by atoms with Crippen LogP contribution in [0.4, 0.5) is 0 Å². The summed E-state index contributed by atoms with van der Waals surface area (Å²) in [5, 5.41) is 0. The number of ether oxygens (including phenoxy) is 2. The number of aryl methyl sites for hydroxylation is 2. The minimum absolute atomic E-state index is 0.0921. The minimum atomic E-state index is -0.698. The number of hydrogen-bond acceptors (Lipinski definition) is 3. The van der Waals surface area contributed by atoms with Gasteiger partial charge in [0.25, 0.3) is 0 Å². The highest BCUT2D eigenvalue weighted by Gasteiger charge is 2.41. The molecule has 0 saturated carbocycles. The quantitative estimate of drug-likeness (QED) is 0.771. The van der Waals surface area contributed by atoms with Crippen LogP contribution in [-0.4, -0.2) is 31.7 Å². The van der Waals surface area contributed by atoms with Crippen LogP contribution in [0.25, 0.3) is 0 Å². The summed E-state index contributed by atoms with van der Waals surface area (Å²) >= 11 is 0. The Morgan fingerprint density at radius 1 is 1.28 bits per heavy atom. The van der Waals surface area contributed by atoms with Crippen LogP contribution in [0.2, 0.25) is 0 Å². The van der Waals surface area contributed by atoms with Gasteiger partial charge in [-0.05, 0) is 25.5 Å². The van der Waals surface area contributed by atoms with Gasteiger partial charge in [-0.3, -0.25) is 4.79 Å². The van der Waals surface area contributed by atoms with Crippen LogP contribution in [0, 0.1) is 13.8 Å². The fraction of sp³-hybridized carbons (Fsp3) is 0.533. The summed E-state index contributed by atoms with van der Waals surface area (Å²) in [6.45, 7) is 5.14. The summed E-state index contributed by atoms with van der Waals surface area (Å²) in [6.07, 6.45) is 1.27. The number of methoxy groups -OCH3 is 1. The van der Waals surface area contributed by atoms with Crippen LogP contribution in [-0.2, 0) is 9.47 Å². The summed E-state index contributed by atoms with van der Waals surface area (Å²) in [4.78, 5) is 12.7. The zero-order valence-electron chi connectivity index (χ0n) is 11.3. The summed E-state index contributed by atoms with van der Waals surface area (Å²) in [5.74, 6) is 0.0921. The Morgan fingerprint density at radius 3 is 2.56 bits per heavy atom. The Hall–Kier alpha value is -1.19. The van der Waals surface area contributed by atoms with E-state index in [-0.39, 0.29) is 5.78 Å². The zero-order valence-corrected chi connectivity index (χ0v) is 11.3. The first-order chi connectivity index (χ1) is 8.59. The van der Waals surface area contributed by atoms with Crippen molar-refractivity contribution in [1.82, 2.24) is 0 Å². The normalized spacial score (nSPS) is 18.6. The van der Waals surface area contributed by atoms with E-state index in [1.165, 1.54) is 0 Å². The van der Waals surface area contributed by atoms with Crippen LogP contribution in [0.5, 0.6) is 0 Å². The van der Waals surface area contributed by atoms with Gasteiger partial charge in [0.05, 0.1) is 0 Å². The highest BCUT2D eigenvalue weighted by molar-refractivity contribution is 6.03. The number of carbonyl (C=O) groups is 1. The lowest BCUT2D eigenvalue weighted by Crippen LogP contribution is -2.46. The third kappa shape index (κ3) is 2.33. The van der Waals surface area contributed by atoms with Crippen LogP contribution >= 0.6 is 0 Å². The summed E-state index contributed by atoms with van der Waals surface area (Å²) < 4.78 is 10.9. The molecule has 1 aliphatic rings. The van der Waals surface area contributed by atoms with Crippen molar-refractivity contribution in [2.24, 2.45) is 0 Å². The number of rotatable bonds is 3. The Labute approximate surface area is 108 Å². The molecule has 0 aromatic heterocycles. The van der Waals surface area contributed by atoms with E-state index in [1.54, 1.807) is 7.11 Å². The fourth-order valence-electron chi connectivity index (χ4n) is 2.45. The van der Waals surface area contributed by atoms with Crippen LogP contribution < -0.4 is 0 Å². The molecular formula is C15H20O3. The van der Waals surface area contributed by atoms with Crippen molar-refractivity contribution in [1.29, 1.82) is 0 Å². The van der Waals surface area contributed by atoms with E-state index in [4.69, 9.17) is 9.47 Å². The fourth-order valence-corrected chi connectivity index (χ4v) is 2.45. The topological polar surface area (TPSA) is 35.5 Å². The average Bonchev–Trinajstić information content (AvgIpc) is 2.41. The molecule has 0 radical (unpaired) electrons. The van der Waals surface area contributed by atoms with E-state index in [9.17, 15) is 4.79 Å². The standard InChI is InChI=1S/C15H20O3/c1-11-4-5-12(2)13(10-11)14(16)15(17-3)6-8-18-9-7-15/h4-5,10H,6-9H2,1-3H3. The maximum atomic E-state index is 12.7. The zero-order chi connectivity index (χ0) is 13.2. The molecule has 0 bridgehead atoms. The number of carbonyl (C=O) groups excluding carboxylic acids is 1. The second-order valence-electron chi connectivity index (χ2n) is 4.96. The second kappa shape index (κ2) is 5.21. The van der Waals surface area contributed by atoms with E-state index in [1.807, 2.05) is 32.0 Å². The molecule has 1 aromatic rings. The number of ketones is 1.